The molecule has 0 bridgehead atoms. The molecule has 0 saturated carbocycles. The van der Waals surface area contributed by atoms with Gasteiger partial charge in [0.2, 0.25) is 0 Å². The van der Waals surface area contributed by atoms with Crippen LogP contribution in [0.2, 0.25) is 0 Å². The Hall–Kier alpha value is -3.44. The van der Waals surface area contributed by atoms with E-state index < -0.39 is 6.04 Å². The number of carbonyl (C=O) groups excluding carboxylic acids is 2. The summed E-state index contributed by atoms with van der Waals surface area (Å²) in [6, 6.07) is 29.1. The van der Waals surface area contributed by atoms with Crippen molar-refractivity contribution in [1.82, 2.24) is 15.1 Å². The molecule has 3 aromatic rings. The van der Waals surface area contributed by atoms with Gasteiger partial charge in [0.25, 0.3) is 5.91 Å². The molecular weight excluding hydrogens is 374 g/mol. The quantitative estimate of drug-likeness (QED) is 0.615. The Labute approximate surface area is 176 Å². The molecule has 3 amide bonds. The summed E-state index contributed by atoms with van der Waals surface area (Å²) in [6.45, 7) is 0.213. The summed E-state index contributed by atoms with van der Waals surface area (Å²) in [7, 11) is 1.94. The molecule has 5 nitrogen and oxygen atoms in total. The Morgan fingerprint density at radius 3 is 1.87 bits per heavy atom. The Morgan fingerprint density at radius 1 is 0.833 bits per heavy atom. The van der Waals surface area contributed by atoms with Gasteiger partial charge in [-0.05, 0) is 23.7 Å². The maximum absolute atomic E-state index is 13.0. The zero-order valence-electron chi connectivity index (χ0n) is 16.9. The van der Waals surface area contributed by atoms with Crippen LogP contribution in [0.5, 0.6) is 0 Å². The summed E-state index contributed by atoms with van der Waals surface area (Å²) in [5.74, 6) is -0.185. The molecule has 4 rings (SSSR count). The van der Waals surface area contributed by atoms with E-state index in [1.807, 2.05) is 78.7 Å². The molecule has 30 heavy (non-hydrogen) atoms. The first-order valence-electron chi connectivity index (χ1n) is 10.1. The third kappa shape index (κ3) is 4.26. The maximum Gasteiger partial charge on any atom is 0.325 e. The lowest BCUT2D eigenvalue weighted by molar-refractivity contribution is -0.129. The summed E-state index contributed by atoms with van der Waals surface area (Å²) >= 11 is 0. The van der Waals surface area contributed by atoms with Crippen molar-refractivity contribution in [3.05, 3.63) is 108 Å². The molecule has 0 spiro atoms. The first-order valence-corrected chi connectivity index (χ1v) is 10.1. The number of carbonyl (C=O) groups is 2. The molecule has 1 fully saturated rings. The molecule has 5 heteroatoms. The van der Waals surface area contributed by atoms with Crippen LogP contribution in [0.3, 0.4) is 0 Å². The van der Waals surface area contributed by atoms with E-state index in [2.05, 4.69) is 29.6 Å². The van der Waals surface area contributed by atoms with Crippen molar-refractivity contribution in [1.29, 1.82) is 0 Å². The third-order valence-electron chi connectivity index (χ3n) is 5.43. The van der Waals surface area contributed by atoms with E-state index in [-0.39, 0.29) is 24.6 Å². The summed E-state index contributed by atoms with van der Waals surface area (Å²) in [5, 5.41) is 2.84. The van der Waals surface area contributed by atoms with Gasteiger partial charge in [0.15, 0.2) is 0 Å². The largest absolute Gasteiger partial charge is 0.325 e. The molecule has 1 aliphatic heterocycles. The number of nitrogens with zero attached hydrogens (tertiary/aromatic N) is 2. The van der Waals surface area contributed by atoms with Crippen LogP contribution in [-0.2, 0) is 11.2 Å². The van der Waals surface area contributed by atoms with Gasteiger partial charge in [0.1, 0.15) is 6.04 Å². The number of hydrogen-bond donors (Lipinski definition) is 1. The van der Waals surface area contributed by atoms with Crippen LogP contribution in [0.15, 0.2) is 91.0 Å². The van der Waals surface area contributed by atoms with E-state index in [9.17, 15) is 9.59 Å². The lowest BCUT2D eigenvalue weighted by atomic mass is 9.98. The fourth-order valence-electron chi connectivity index (χ4n) is 3.98. The second-order valence-electron chi connectivity index (χ2n) is 7.58. The van der Waals surface area contributed by atoms with Gasteiger partial charge in [-0.15, -0.1) is 0 Å². The van der Waals surface area contributed by atoms with Gasteiger partial charge in [-0.25, -0.2) is 9.69 Å². The number of nitrogens with one attached hydrogen (secondary N) is 1. The zero-order chi connectivity index (χ0) is 20.9. The Balaban J connectivity index is 1.53. The van der Waals surface area contributed by atoms with E-state index >= 15 is 0 Å². The van der Waals surface area contributed by atoms with E-state index in [1.165, 1.54) is 4.90 Å². The summed E-state index contributed by atoms with van der Waals surface area (Å²) in [4.78, 5) is 28.9. The van der Waals surface area contributed by atoms with Crippen LogP contribution in [0.25, 0.3) is 0 Å². The van der Waals surface area contributed by atoms with Gasteiger partial charge in [-0.2, -0.15) is 0 Å². The standard InChI is InChI=1S/C25H25N3O2/c1-27(23(20-13-7-3-8-14-20)21-15-9-4-10-16-21)18-28-24(29)22(26-25(28)30)17-19-11-5-2-6-12-19/h2-16,22-23H,17-18H2,1H3,(H,26,30). The Kier molecular flexibility index (Phi) is 5.91. The van der Waals surface area contributed by atoms with Crippen molar-refractivity contribution < 1.29 is 9.59 Å². The number of urea groups is 1. The van der Waals surface area contributed by atoms with Crippen LogP contribution < -0.4 is 5.32 Å². The molecule has 3 aromatic carbocycles. The number of amides is 3. The predicted molar refractivity (Wildman–Crippen MR) is 117 cm³/mol. The molecule has 1 unspecified atom stereocenters. The monoisotopic (exact) mass is 399 g/mol. The summed E-state index contributed by atoms with van der Waals surface area (Å²) in [6.07, 6.45) is 0.492. The van der Waals surface area contributed by atoms with Crippen LogP contribution in [0.4, 0.5) is 4.79 Å². The minimum Gasteiger partial charge on any atom is -0.325 e. The van der Waals surface area contributed by atoms with Gasteiger partial charge in [-0.3, -0.25) is 9.69 Å². The lowest BCUT2D eigenvalue weighted by Crippen LogP contribution is -2.42. The molecule has 1 atom stereocenters. The number of hydrogen-bond acceptors (Lipinski definition) is 3. The molecule has 0 aliphatic carbocycles. The summed E-state index contributed by atoms with van der Waals surface area (Å²) in [5.41, 5.74) is 3.25. The van der Waals surface area contributed by atoms with Crippen molar-refractivity contribution in [3.63, 3.8) is 0 Å². The zero-order valence-corrected chi connectivity index (χ0v) is 16.9. The fraction of sp³-hybridized carbons (Fsp3) is 0.200. The van der Waals surface area contributed by atoms with Crippen molar-refractivity contribution in [2.45, 2.75) is 18.5 Å². The van der Waals surface area contributed by atoms with Gasteiger partial charge in [0, 0.05) is 6.42 Å². The van der Waals surface area contributed by atoms with E-state index in [1.54, 1.807) is 0 Å². The normalized spacial score (nSPS) is 16.4. The molecule has 152 valence electrons. The van der Waals surface area contributed by atoms with Crippen molar-refractivity contribution in [2.75, 3.05) is 13.7 Å². The Bertz CT molecular complexity index is 953. The minimum atomic E-state index is -0.528. The lowest BCUT2D eigenvalue weighted by Gasteiger charge is -2.31. The molecule has 0 aromatic heterocycles. The number of benzene rings is 3. The highest BCUT2D eigenvalue weighted by atomic mass is 16.2. The second kappa shape index (κ2) is 8.93. The molecule has 1 N–H and O–H groups in total. The van der Waals surface area contributed by atoms with Gasteiger partial charge >= 0.3 is 6.03 Å². The number of rotatable bonds is 7. The average Bonchev–Trinajstić information content (AvgIpc) is 3.03. The fourth-order valence-corrected chi connectivity index (χ4v) is 3.98. The second-order valence-corrected chi connectivity index (χ2v) is 7.58. The molecule has 1 saturated heterocycles. The van der Waals surface area contributed by atoms with Gasteiger partial charge in [-0.1, -0.05) is 91.0 Å². The van der Waals surface area contributed by atoms with Gasteiger partial charge < -0.3 is 5.32 Å². The topological polar surface area (TPSA) is 52.6 Å². The van der Waals surface area contributed by atoms with Crippen LogP contribution >= 0.6 is 0 Å². The van der Waals surface area contributed by atoms with Crippen LogP contribution in [0.1, 0.15) is 22.7 Å². The van der Waals surface area contributed by atoms with E-state index in [4.69, 9.17) is 0 Å². The first kappa shape index (κ1) is 19.9. The van der Waals surface area contributed by atoms with Crippen molar-refractivity contribution in [3.8, 4) is 0 Å². The van der Waals surface area contributed by atoms with E-state index in [0.29, 0.717) is 6.42 Å². The van der Waals surface area contributed by atoms with Crippen LogP contribution in [-0.4, -0.2) is 41.5 Å². The first-order chi connectivity index (χ1) is 14.6. The predicted octanol–water partition coefficient (Wildman–Crippen LogP) is 3.83. The van der Waals surface area contributed by atoms with E-state index in [0.717, 1.165) is 16.7 Å². The highest BCUT2D eigenvalue weighted by molar-refractivity contribution is 6.04. The van der Waals surface area contributed by atoms with Crippen LogP contribution in [0, 0.1) is 0 Å². The molecular formula is C25H25N3O2. The van der Waals surface area contributed by atoms with Crippen molar-refractivity contribution in [2.24, 2.45) is 0 Å². The summed E-state index contributed by atoms with van der Waals surface area (Å²) < 4.78 is 0. The minimum absolute atomic E-state index is 0.0684. The Morgan fingerprint density at radius 2 is 1.33 bits per heavy atom. The highest BCUT2D eigenvalue weighted by Crippen LogP contribution is 2.28. The smallest absolute Gasteiger partial charge is 0.325 e. The molecule has 0 radical (unpaired) electrons. The SMILES string of the molecule is CN(CN1C(=O)NC(Cc2ccccc2)C1=O)C(c1ccccc1)c1ccccc1. The molecule has 1 heterocycles. The van der Waals surface area contributed by atoms with Gasteiger partial charge in [0.05, 0.1) is 12.7 Å². The van der Waals surface area contributed by atoms with Crippen molar-refractivity contribution >= 4 is 11.9 Å². The average molecular weight is 399 g/mol. The maximum atomic E-state index is 13.0. The highest BCUT2D eigenvalue weighted by Gasteiger charge is 2.39. The third-order valence-corrected chi connectivity index (χ3v) is 5.43. The molecule has 1 aliphatic rings. The number of imide groups is 1.